The number of rotatable bonds is 4. The molecule has 0 spiro atoms. The van der Waals surface area contributed by atoms with Crippen molar-refractivity contribution in [1.82, 2.24) is 0 Å². The van der Waals surface area contributed by atoms with Crippen molar-refractivity contribution in [1.29, 1.82) is 0 Å². The Morgan fingerprint density at radius 2 is 2.13 bits per heavy atom. The van der Waals surface area contributed by atoms with Crippen molar-refractivity contribution in [3.63, 3.8) is 0 Å². The van der Waals surface area contributed by atoms with Crippen molar-refractivity contribution in [2.24, 2.45) is 0 Å². The molecule has 0 unspecified atom stereocenters. The molecule has 0 radical (unpaired) electrons. The molecule has 4 heteroatoms. The van der Waals surface area contributed by atoms with Crippen LogP contribution in [0, 0.1) is 0 Å². The lowest BCUT2D eigenvalue weighted by Crippen LogP contribution is -2.03. The van der Waals surface area contributed by atoms with E-state index in [-0.39, 0.29) is 11.7 Å². The maximum atomic E-state index is 11.6. The normalized spacial score (nSPS) is 10.7. The summed E-state index contributed by atoms with van der Waals surface area (Å²) in [6.45, 7) is 4.16. The highest BCUT2D eigenvalue weighted by Gasteiger charge is 2.12. The van der Waals surface area contributed by atoms with Gasteiger partial charge >= 0.3 is 0 Å². The number of alkyl halides is 1. The van der Waals surface area contributed by atoms with Crippen LogP contribution in [-0.4, -0.2) is 16.9 Å². The molecule has 0 N–H and O–H groups in total. The van der Waals surface area contributed by atoms with Gasteiger partial charge in [-0.2, -0.15) is 0 Å². The number of hydrogen-bond acceptors (Lipinski definition) is 2. The molecule has 0 fully saturated rings. The lowest BCUT2D eigenvalue weighted by atomic mass is 10.1. The first kappa shape index (κ1) is 12.9. The number of hydrogen-bond donors (Lipinski definition) is 0. The third kappa shape index (κ3) is 3.71. The van der Waals surface area contributed by atoms with Gasteiger partial charge in [0.25, 0.3) is 0 Å². The molecule has 0 bridgehead atoms. The van der Waals surface area contributed by atoms with Crippen molar-refractivity contribution in [2.45, 2.75) is 24.0 Å². The summed E-state index contributed by atoms with van der Waals surface area (Å²) in [7, 11) is 0. The van der Waals surface area contributed by atoms with Crippen LogP contribution < -0.4 is 0 Å². The molecule has 82 valence electrons. The van der Waals surface area contributed by atoms with Crippen molar-refractivity contribution >= 4 is 40.7 Å². The zero-order valence-electron chi connectivity index (χ0n) is 8.59. The van der Waals surface area contributed by atoms with Crippen LogP contribution in [0.3, 0.4) is 0 Å². The number of halogens is 2. The summed E-state index contributed by atoms with van der Waals surface area (Å²) in [5.74, 6) is -0.0891. The second kappa shape index (κ2) is 5.78. The van der Waals surface area contributed by atoms with E-state index in [0.29, 0.717) is 15.8 Å². The predicted octanol–water partition coefficient (Wildman–Crippen LogP) is 4.26. The van der Waals surface area contributed by atoms with E-state index in [1.54, 1.807) is 23.9 Å². The average Bonchev–Trinajstić information content (AvgIpc) is 2.19. The second-order valence-corrected chi connectivity index (χ2v) is 5.69. The first-order valence-corrected chi connectivity index (χ1v) is 6.39. The fraction of sp³-hybridized carbons (Fsp3) is 0.364. The van der Waals surface area contributed by atoms with Gasteiger partial charge in [-0.25, -0.2) is 0 Å². The maximum Gasteiger partial charge on any atom is 0.178 e. The second-order valence-electron chi connectivity index (χ2n) is 3.36. The molecule has 0 saturated carbocycles. The van der Waals surface area contributed by atoms with E-state index in [2.05, 4.69) is 13.8 Å². The average molecular weight is 263 g/mol. The zero-order valence-corrected chi connectivity index (χ0v) is 10.9. The monoisotopic (exact) mass is 262 g/mol. The third-order valence-electron chi connectivity index (χ3n) is 1.73. The standard InChI is InChI=1S/C11H12Cl2OS/c1-7(2)15-11-4-3-8(13)5-9(11)10(14)6-12/h3-5,7H,6H2,1-2H3. The Balaban J connectivity index is 3.08. The molecular weight excluding hydrogens is 251 g/mol. The van der Waals surface area contributed by atoms with Crippen LogP contribution in [0.2, 0.25) is 5.02 Å². The highest BCUT2D eigenvalue weighted by molar-refractivity contribution is 8.00. The Morgan fingerprint density at radius 3 is 2.67 bits per heavy atom. The first-order chi connectivity index (χ1) is 7.04. The smallest absolute Gasteiger partial charge is 0.178 e. The van der Waals surface area contributed by atoms with Crippen LogP contribution in [0.1, 0.15) is 24.2 Å². The molecule has 0 aliphatic rings. The van der Waals surface area contributed by atoms with E-state index < -0.39 is 0 Å². The number of Topliss-reactive ketones (excluding diaryl/α,β-unsaturated/α-hetero) is 1. The van der Waals surface area contributed by atoms with Crippen molar-refractivity contribution in [2.75, 3.05) is 5.88 Å². The molecule has 1 nitrogen and oxygen atoms in total. The molecule has 0 amide bonds. The van der Waals surface area contributed by atoms with E-state index in [0.717, 1.165) is 4.90 Å². The zero-order chi connectivity index (χ0) is 11.4. The Bertz CT molecular complexity index is 364. The van der Waals surface area contributed by atoms with E-state index in [9.17, 15) is 4.79 Å². The number of carbonyl (C=O) groups is 1. The fourth-order valence-corrected chi connectivity index (χ4v) is 2.42. The van der Waals surface area contributed by atoms with Gasteiger partial charge in [0.2, 0.25) is 0 Å². The quantitative estimate of drug-likeness (QED) is 0.458. The molecule has 1 aromatic rings. The largest absolute Gasteiger partial charge is 0.293 e. The van der Waals surface area contributed by atoms with Gasteiger partial charge in [0, 0.05) is 20.7 Å². The summed E-state index contributed by atoms with van der Waals surface area (Å²) in [5, 5.41) is 0.990. The van der Waals surface area contributed by atoms with E-state index in [1.165, 1.54) is 0 Å². The summed E-state index contributed by atoms with van der Waals surface area (Å²) in [6, 6.07) is 5.33. The summed E-state index contributed by atoms with van der Waals surface area (Å²) in [6.07, 6.45) is 0. The van der Waals surface area contributed by atoms with Gasteiger partial charge in [0.05, 0.1) is 5.88 Å². The molecule has 0 aliphatic heterocycles. The Morgan fingerprint density at radius 1 is 1.47 bits per heavy atom. The summed E-state index contributed by atoms with van der Waals surface area (Å²) >= 11 is 13.0. The van der Waals surface area contributed by atoms with E-state index in [4.69, 9.17) is 23.2 Å². The lowest BCUT2D eigenvalue weighted by molar-refractivity contribution is 0.101. The number of benzene rings is 1. The third-order valence-corrected chi connectivity index (χ3v) is 3.29. The topological polar surface area (TPSA) is 17.1 Å². The number of carbonyl (C=O) groups excluding carboxylic acids is 1. The minimum Gasteiger partial charge on any atom is -0.293 e. The molecule has 0 heterocycles. The van der Waals surface area contributed by atoms with Crippen LogP contribution in [0.25, 0.3) is 0 Å². The molecule has 0 aliphatic carbocycles. The van der Waals surface area contributed by atoms with Crippen LogP contribution in [-0.2, 0) is 0 Å². The lowest BCUT2D eigenvalue weighted by Gasteiger charge is -2.09. The molecule has 0 atom stereocenters. The highest BCUT2D eigenvalue weighted by Crippen LogP contribution is 2.29. The molecule has 1 rings (SSSR count). The van der Waals surface area contributed by atoms with Crippen LogP contribution in [0.15, 0.2) is 23.1 Å². The number of ketones is 1. The van der Waals surface area contributed by atoms with Crippen LogP contribution in [0.4, 0.5) is 0 Å². The van der Waals surface area contributed by atoms with Crippen molar-refractivity contribution in [3.05, 3.63) is 28.8 Å². The van der Waals surface area contributed by atoms with Gasteiger partial charge in [0.1, 0.15) is 0 Å². The van der Waals surface area contributed by atoms with Gasteiger partial charge < -0.3 is 0 Å². The Labute approximate surface area is 104 Å². The SMILES string of the molecule is CC(C)Sc1ccc(Cl)cc1C(=O)CCl. The molecule has 1 aromatic carbocycles. The molecular formula is C11H12Cl2OS. The fourth-order valence-electron chi connectivity index (χ4n) is 1.15. The Kier molecular flexibility index (Phi) is 4.97. The summed E-state index contributed by atoms with van der Waals surface area (Å²) in [4.78, 5) is 12.5. The minimum absolute atomic E-state index is 0.00794. The molecule has 0 aromatic heterocycles. The minimum atomic E-state index is -0.0812. The van der Waals surface area contributed by atoms with Gasteiger partial charge in [-0.1, -0.05) is 25.4 Å². The molecule has 15 heavy (non-hydrogen) atoms. The van der Waals surface area contributed by atoms with Crippen molar-refractivity contribution < 1.29 is 4.79 Å². The Hall–Kier alpha value is -0.180. The van der Waals surface area contributed by atoms with Gasteiger partial charge in [0.15, 0.2) is 5.78 Å². The van der Waals surface area contributed by atoms with E-state index >= 15 is 0 Å². The first-order valence-electron chi connectivity index (χ1n) is 4.60. The predicted molar refractivity (Wildman–Crippen MR) is 67.5 cm³/mol. The molecule has 0 saturated heterocycles. The van der Waals surface area contributed by atoms with Crippen molar-refractivity contribution in [3.8, 4) is 0 Å². The van der Waals surface area contributed by atoms with Gasteiger partial charge in [-0.05, 0) is 18.2 Å². The van der Waals surface area contributed by atoms with Crippen LogP contribution in [0.5, 0.6) is 0 Å². The van der Waals surface area contributed by atoms with Crippen LogP contribution >= 0.6 is 35.0 Å². The highest BCUT2D eigenvalue weighted by atomic mass is 35.5. The van der Waals surface area contributed by atoms with Gasteiger partial charge in [-0.3, -0.25) is 4.79 Å². The number of thioether (sulfide) groups is 1. The van der Waals surface area contributed by atoms with E-state index in [1.807, 2.05) is 6.07 Å². The van der Waals surface area contributed by atoms with Gasteiger partial charge in [-0.15, -0.1) is 23.4 Å². The maximum absolute atomic E-state index is 11.6. The summed E-state index contributed by atoms with van der Waals surface area (Å²) in [5.41, 5.74) is 0.621. The summed E-state index contributed by atoms with van der Waals surface area (Å²) < 4.78 is 0.